The van der Waals surface area contributed by atoms with Crippen molar-refractivity contribution in [3.8, 4) is 11.8 Å². The molecule has 4 heteroatoms. The van der Waals surface area contributed by atoms with Crippen LogP contribution in [0.15, 0.2) is 133 Å². The number of hydrogen-bond acceptors (Lipinski definition) is 3. The summed E-state index contributed by atoms with van der Waals surface area (Å²) >= 11 is 0. The molecule has 0 fully saturated rings. The van der Waals surface area contributed by atoms with Gasteiger partial charge < -0.3 is 9.47 Å². The smallest absolute Gasteiger partial charge is 0.0721 e. The molecule has 3 atom stereocenters. The van der Waals surface area contributed by atoms with Gasteiger partial charge in [-0.15, -0.1) is 0 Å². The number of allylic oxidation sites excluding steroid dienone is 5. The first-order valence-electron chi connectivity index (χ1n) is 13.8. The van der Waals surface area contributed by atoms with Crippen LogP contribution >= 0.6 is 0 Å². The van der Waals surface area contributed by atoms with Crippen LogP contribution in [0.3, 0.4) is 0 Å². The molecule has 2 aromatic heterocycles. The van der Waals surface area contributed by atoms with E-state index in [0.29, 0.717) is 6.42 Å². The monoisotopic (exact) mass is 514 g/mol. The molecule has 0 amide bonds. The molecular weight excluding hydrogens is 488 g/mol. The van der Waals surface area contributed by atoms with Crippen molar-refractivity contribution < 1.29 is 0 Å². The fourth-order valence-corrected chi connectivity index (χ4v) is 6.68. The molecule has 0 bridgehead atoms. The first-order chi connectivity index (χ1) is 19.8. The third kappa shape index (κ3) is 3.34. The zero-order chi connectivity index (χ0) is 26.6. The highest BCUT2D eigenvalue weighted by atomic mass is 15.2. The van der Waals surface area contributed by atoms with Crippen LogP contribution in [0.1, 0.15) is 23.6 Å². The van der Waals surface area contributed by atoms with Gasteiger partial charge in [0, 0.05) is 33.6 Å². The molecule has 3 unspecified atom stereocenters. The number of hydrogen-bond donors (Lipinski definition) is 0. The zero-order valence-corrected chi connectivity index (χ0v) is 21.9. The standard InChI is InChI=1S/C36H26N4/c37-22-24-17-19-30(36(21-24)40-34-15-7-3-11-28(34)29-12-4-8-16-35(29)40)31-20-18-25(23-38-31)39-32-13-5-1-9-26(32)27-10-2-6-14-33(27)39/h1-16,18-21,23-24,28,34H,17H2. The Labute approximate surface area is 233 Å². The van der Waals surface area contributed by atoms with Gasteiger partial charge in [-0.2, -0.15) is 5.26 Å². The van der Waals surface area contributed by atoms with Crippen LogP contribution in [0.4, 0.5) is 5.69 Å². The van der Waals surface area contributed by atoms with Crippen molar-refractivity contribution in [2.45, 2.75) is 18.4 Å². The summed E-state index contributed by atoms with van der Waals surface area (Å²) in [6, 6.07) is 32.7. The van der Waals surface area contributed by atoms with Crippen LogP contribution in [-0.4, -0.2) is 15.6 Å². The number of nitriles is 1. The number of aromatic nitrogens is 2. The Morgan fingerprint density at radius 3 is 2.27 bits per heavy atom. The topological polar surface area (TPSA) is 44.9 Å². The summed E-state index contributed by atoms with van der Waals surface area (Å²) in [5.74, 6) is 0.126. The molecule has 3 heterocycles. The number of pyridine rings is 1. The Morgan fingerprint density at radius 2 is 1.52 bits per heavy atom. The van der Waals surface area contributed by atoms with Crippen molar-refractivity contribution in [1.29, 1.82) is 5.26 Å². The van der Waals surface area contributed by atoms with Crippen molar-refractivity contribution in [1.82, 2.24) is 9.55 Å². The maximum atomic E-state index is 9.87. The molecule has 8 rings (SSSR count). The van der Waals surface area contributed by atoms with Gasteiger partial charge in [0.25, 0.3) is 0 Å². The number of nitrogens with zero attached hydrogens (tertiary/aromatic N) is 4. The highest BCUT2D eigenvalue weighted by molar-refractivity contribution is 6.09. The molecule has 3 aromatic carbocycles. The summed E-state index contributed by atoms with van der Waals surface area (Å²) in [5.41, 5.74) is 8.96. The number of para-hydroxylation sites is 3. The molecule has 0 radical (unpaired) electrons. The number of fused-ring (bicyclic) bond motifs is 6. The maximum Gasteiger partial charge on any atom is 0.0721 e. The van der Waals surface area contributed by atoms with E-state index in [1.807, 2.05) is 6.20 Å². The Morgan fingerprint density at radius 1 is 0.800 bits per heavy atom. The van der Waals surface area contributed by atoms with Crippen LogP contribution in [0.25, 0.3) is 33.1 Å². The fourth-order valence-electron chi connectivity index (χ4n) is 6.68. The summed E-state index contributed by atoms with van der Waals surface area (Å²) in [6.07, 6.45) is 15.8. The van der Waals surface area contributed by atoms with E-state index in [0.717, 1.165) is 22.7 Å². The van der Waals surface area contributed by atoms with Crippen LogP contribution in [0.2, 0.25) is 0 Å². The molecule has 0 N–H and O–H groups in total. The van der Waals surface area contributed by atoms with Gasteiger partial charge in [0.1, 0.15) is 0 Å². The molecule has 0 saturated carbocycles. The second-order valence-electron chi connectivity index (χ2n) is 10.6. The van der Waals surface area contributed by atoms with Gasteiger partial charge in [0.15, 0.2) is 0 Å². The lowest BCUT2D eigenvalue weighted by Gasteiger charge is -2.34. The average Bonchev–Trinajstić information content (AvgIpc) is 3.54. The van der Waals surface area contributed by atoms with Gasteiger partial charge in [0.2, 0.25) is 0 Å². The van der Waals surface area contributed by atoms with Crippen molar-refractivity contribution in [2.75, 3.05) is 4.90 Å². The van der Waals surface area contributed by atoms with E-state index in [-0.39, 0.29) is 17.9 Å². The van der Waals surface area contributed by atoms with Crippen molar-refractivity contribution in [3.63, 3.8) is 0 Å². The van der Waals surface area contributed by atoms with Gasteiger partial charge in [-0.05, 0) is 48.4 Å². The third-order valence-electron chi connectivity index (χ3n) is 8.46. The minimum Gasteiger partial charge on any atom is -0.333 e. The highest BCUT2D eigenvalue weighted by Gasteiger charge is 2.39. The number of rotatable bonds is 3. The molecule has 190 valence electrons. The SMILES string of the molecule is N#CC1C=C(N2c3ccccc3C3C=CC=CC32)C(c2ccc(-n3c4ccccc4c4ccccc43)cn2)=CC1. The normalized spacial score (nSPS) is 21.2. The second kappa shape index (κ2) is 8.97. The third-order valence-corrected chi connectivity index (χ3v) is 8.46. The lowest BCUT2D eigenvalue weighted by atomic mass is 9.89. The van der Waals surface area contributed by atoms with Gasteiger partial charge >= 0.3 is 0 Å². The van der Waals surface area contributed by atoms with E-state index in [4.69, 9.17) is 4.98 Å². The summed E-state index contributed by atoms with van der Waals surface area (Å²) in [7, 11) is 0. The molecule has 0 spiro atoms. The quantitative estimate of drug-likeness (QED) is 0.244. The van der Waals surface area contributed by atoms with Crippen molar-refractivity contribution in [3.05, 3.63) is 145 Å². The Balaban J connectivity index is 1.23. The molecular formula is C36H26N4. The second-order valence-corrected chi connectivity index (χ2v) is 10.6. The lowest BCUT2D eigenvalue weighted by Crippen LogP contribution is -2.33. The molecule has 2 aliphatic carbocycles. The van der Waals surface area contributed by atoms with Crippen LogP contribution in [-0.2, 0) is 0 Å². The van der Waals surface area contributed by atoms with E-state index in [1.165, 1.54) is 33.1 Å². The number of anilines is 1. The molecule has 1 aliphatic heterocycles. The first-order valence-corrected chi connectivity index (χ1v) is 13.8. The minimum absolute atomic E-state index is 0.162. The van der Waals surface area contributed by atoms with Gasteiger partial charge in [-0.1, -0.05) is 85.0 Å². The van der Waals surface area contributed by atoms with E-state index >= 15 is 0 Å². The predicted octanol–water partition coefficient (Wildman–Crippen LogP) is 8.09. The molecule has 4 nitrogen and oxygen atoms in total. The fraction of sp³-hybridized carbons (Fsp3) is 0.111. The minimum atomic E-state index is -0.162. The Hall–Kier alpha value is -5.14. The van der Waals surface area contributed by atoms with Crippen LogP contribution in [0.5, 0.6) is 0 Å². The maximum absolute atomic E-state index is 9.87. The van der Waals surface area contributed by atoms with E-state index < -0.39 is 0 Å². The molecule has 5 aromatic rings. The molecule has 40 heavy (non-hydrogen) atoms. The predicted molar refractivity (Wildman–Crippen MR) is 162 cm³/mol. The Bertz CT molecular complexity index is 1910. The zero-order valence-electron chi connectivity index (χ0n) is 21.9. The van der Waals surface area contributed by atoms with Crippen molar-refractivity contribution in [2.24, 2.45) is 5.92 Å². The average molecular weight is 515 g/mol. The van der Waals surface area contributed by atoms with Crippen molar-refractivity contribution >= 4 is 33.1 Å². The van der Waals surface area contributed by atoms with E-state index in [2.05, 4.69) is 137 Å². The van der Waals surface area contributed by atoms with Crippen LogP contribution < -0.4 is 4.90 Å². The number of benzene rings is 3. The summed E-state index contributed by atoms with van der Waals surface area (Å²) < 4.78 is 2.29. The van der Waals surface area contributed by atoms with Gasteiger partial charge in [-0.3, -0.25) is 4.98 Å². The largest absolute Gasteiger partial charge is 0.333 e. The van der Waals surface area contributed by atoms with E-state index in [1.54, 1.807) is 0 Å². The van der Waals surface area contributed by atoms with Gasteiger partial charge in [-0.25, -0.2) is 0 Å². The molecule has 0 saturated heterocycles. The molecule has 3 aliphatic rings. The summed E-state index contributed by atoms with van der Waals surface area (Å²) in [4.78, 5) is 7.45. The van der Waals surface area contributed by atoms with Gasteiger partial charge in [0.05, 0.1) is 46.6 Å². The Kier molecular flexibility index (Phi) is 5.11. The van der Waals surface area contributed by atoms with E-state index in [9.17, 15) is 5.26 Å². The first kappa shape index (κ1) is 22.8. The summed E-state index contributed by atoms with van der Waals surface area (Å²) in [5, 5.41) is 12.3. The van der Waals surface area contributed by atoms with Crippen LogP contribution in [0, 0.1) is 17.2 Å². The summed E-state index contributed by atoms with van der Waals surface area (Å²) in [6.45, 7) is 0. The lowest BCUT2D eigenvalue weighted by molar-refractivity contribution is 0.718. The highest BCUT2D eigenvalue weighted by Crippen LogP contribution is 2.48.